The molecule has 0 aliphatic heterocycles. The van der Waals surface area contributed by atoms with Crippen LogP contribution >= 0.6 is 15.9 Å². The maximum atomic E-state index is 12.5. The SMILES string of the molecule is Cc1ccc(C)c(NC(=O)c2ccc(OC(=O)COc3ccccc3Br)cc2)c1. The van der Waals surface area contributed by atoms with Gasteiger partial charge in [-0.1, -0.05) is 24.3 Å². The number of hydrogen-bond acceptors (Lipinski definition) is 4. The van der Waals surface area contributed by atoms with Gasteiger partial charge in [0.2, 0.25) is 0 Å². The number of rotatable bonds is 6. The highest BCUT2D eigenvalue weighted by Crippen LogP contribution is 2.24. The Balaban J connectivity index is 1.56. The van der Waals surface area contributed by atoms with Crippen molar-refractivity contribution in [2.75, 3.05) is 11.9 Å². The second-order valence-electron chi connectivity index (χ2n) is 6.49. The number of carbonyl (C=O) groups is 2. The van der Waals surface area contributed by atoms with Crippen molar-refractivity contribution in [1.29, 1.82) is 0 Å². The van der Waals surface area contributed by atoms with E-state index in [2.05, 4.69) is 21.2 Å². The highest BCUT2D eigenvalue weighted by molar-refractivity contribution is 9.10. The van der Waals surface area contributed by atoms with Crippen LogP contribution in [0.25, 0.3) is 0 Å². The molecule has 0 aliphatic rings. The molecule has 0 unspecified atom stereocenters. The lowest BCUT2D eigenvalue weighted by molar-refractivity contribution is -0.136. The van der Waals surface area contributed by atoms with Crippen molar-refractivity contribution in [2.45, 2.75) is 13.8 Å². The summed E-state index contributed by atoms with van der Waals surface area (Å²) in [4.78, 5) is 24.4. The Morgan fingerprint density at radius 2 is 1.69 bits per heavy atom. The third-order valence-corrected chi connectivity index (χ3v) is 4.83. The average molecular weight is 454 g/mol. The van der Waals surface area contributed by atoms with Gasteiger partial charge in [0.15, 0.2) is 6.61 Å². The summed E-state index contributed by atoms with van der Waals surface area (Å²) in [6, 6.07) is 19.5. The predicted molar refractivity (Wildman–Crippen MR) is 116 cm³/mol. The summed E-state index contributed by atoms with van der Waals surface area (Å²) < 4.78 is 11.4. The van der Waals surface area contributed by atoms with E-state index in [-0.39, 0.29) is 12.5 Å². The van der Waals surface area contributed by atoms with Crippen molar-refractivity contribution in [3.8, 4) is 11.5 Å². The number of aryl methyl sites for hydroxylation is 2. The highest BCUT2D eigenvalue weighted by atomic mass is 79.9. The first kappa shape index (κ1) is 20.6. The van der Waals surface area contributed by atoms with Crippen molar-refractivity contribution in [3.63, 3.8) is 0 Å². The summed E-state index contributed by atoms with van der Waals surface area (Å²) in [5.41, 5.74) is 3.29. The molecule has 1 amide bonds. The molecule has 29 heavy (non-hydrogen) atoms. The van der Waals surface area contributed by atoms with Crippen LogP contribution in [-0.4, -0.2) is 18.5 Å². The van der Waals surface area contributed by atoms with Crippen molar-refractivity contribution in [2.24, 2.45) is 0 Å². The minimum atomic E-state index is -0.534. The van der Waals surface area contributed by atoms with Gasteiger partial charge in [0.1, 0.15) is 11.5 Å². The Bertz CT molecular complexity index is 1030. The zero-order valence-corrected chi connectivity index (χ0v) is 17.7. The van der Waals surface area contributed by atoms with Gasteiger partial charge in [-0.3, -0.25) is 4.79 Å². The van der Waals surface area contributed by atoms with E-state index < -0.39 is 5.97 Å². The Morgan fingerprint density at radius 3 is 2.41 bits per heavy atom. The number of nitrogens with one attached hydrogen (secondary N) is 1. The van der Waals surface area contributed by atoms with Gasteiger partial charge in [-0.05, 0) is 83.4 Å². The molecule has 0 atom stereocenters. The van der Waals surface area contributed by atoms with Crippen LogP contribution < -0.4 is 14.8 Å². The lowest BCUT2D eigenvalue weighted by Crippen LogP contribution is -2.18. The first-order valence-electron chi connectivity index (χ1n) is 8.99. The van der Waals surface area contributed by atoms with Crippen molar-refractivity contribution in [1.82, 2.24) is 0 Å². The minimum absolute atomic E-state index is 0.225. The van der Waals surface area contributed by atoms with Crippen LogP contribution in [0, 0.1) is 13.8 Å². The van der Waals surface area contributed by atoms with E-state index in [9.17, 15) is 9.59 Å². The van der Waals surface area contributed by atoms with E-state index in [1.54, 1.807) is 30.3 Å². The maximum Gasteiger partial charge on any atom is 0.349 e. The van der Waals surface area contributed by atoms with E-state index in [4.69, 9.17) is 9.47 Å². The Kier molecular flexibility index (Phi) is 6.67. The monoisotopic (exact) mass is 453 g/mol. The number of carbonyl (C=O) groups excluding carboxylic acids is 2. The zero-order valence-electron chi connectivity index (χ0n) is 16.1. The molecular formula is C23H20BrNO4. The van der Waals surface area contributed by atoms with E-state index in [0.29, 0.717) is 17.1 Å². The number of anilines is 1. The van der Waals surface area contributed by atoms with Crippen molar-refractivity contribution in [3.05, 3.63) is 87.9 Å². The molecule has 0 fully saturated rings. The molecule has 1 N–H and O–H groups in total. The zero-order chi connectivity index (χ0) is 20.8. The summed E-state index contributed by atoms with van der Waals surface area (Å²) in [7, 11) is 0. The van der Waals surface area contributed by atoms with Crippen LogP contribution in [0.15, 0.2) is 71.2 Å². The predicted octanol–water partition coefficient (Wildman–Crippen LogP) is 5.30. The van der Waals surface area contributed by atoms with Crippen LogP contribution in [0.4, 0.5) is 5.69 Å². The number of benzene rings is 3. The lowest BCUT2D eigenvalue weighted by atomic mass is 10.1. The van der Waals surface area contributed by atoms with E-state index >= 15 is 0 Å². The van der Waals surface area contributed by atoms with Gasteiger partial charge in [-0.25, -0.2) is 4.79 Å². The number of ether oxygens (including phenoxy) is 2. The minimum Gasteiger partial charge on any atom is -0.481 e. The third kappa shape index (κ3) is 5.68. The second-order valence-corrected chi connectivity index (χ2v) is 7.34. The standard InChI is InChI=1S/C23H20BrNO4/c1-15-7-8-16(2)20(13-15)25-23(27)17-9-11-18(12-10-17)29-22(26)14-28-21-6-4-3-5-19(21)24/h3-13H,14H2,1-2H3,(H,25,27). The van der Waals surface area contributed by atoms with Gasteiger partial charge >= 0.3 is 5.97 Å². The molecule has 0 saturated heterocycles. The fraction of sp³-hybridized carbons (Fsp3) is 0.130. The largest absolute Gasteiger partial charge is 0.481 e. The molecular weight excluding hydrogens is 434 g/mol. The van der Waals surface area contributed by atoms with E-state index in [0.717, 1.165) is 21.3 Å². The van der Waals surface area contributed by atoms with Gasteiger partial charge in [0, 0.05) is 11.3 Å². The number of hydrogen-bond donors (Lipinski definition) is 1. The molecule has 0 heterocycles. The van der Waals surface area contributed by atoms with Gasteiger partial charge in [0.05, 0.1) is 4.47 Å². The first-order chi connectivity index (χ1) is 13.9. The molecule has 0 saturated carbocycles. The molecule has 0 aliphatic carbocycles. The molecule has 0 spiro atoms. The molecule has 3 aromatic carbocycles. The highest BCUT2D eigenvalue weighted by Gasteiger charge is 2.11. The molecule has 0 bridgehead atoms. The summed E-state index contributed by atoms with van der Waals surface area (Å²) >= 11 is 3.35. The first-order valence-corrected chi connectivity index (χ1v) is 9.78. The fourth-order valence-electron chi connectivity index (χ4n) is 2.60. The molecule has 3 rings (SSSR count). The average Bonchev–Trinajstić information content (AvgIpc) is 2.70. The summed E-state index contributed by atoms with van der Waals surface area (Å²) in [5.74, 6) is 0.138. The van der Waals surface area contributed by atoms with E-state index in [1.807, 2.05) is 50.2 Å². The molecule has 148 valence electrons. The van der Waals surface area contributed by atoms with Gasteiger partial charge in [-0.2, -0.15) is 0 Å². The number of para-hydroxylation sites is 1. The van der Waals surface area contributed by atoms with Gasteiger partial charge in [-0.15, -0.1) is 0 Å². The lowest BCUT2D eigenvalue weighted by Gasteiger charge is -2.10. The maximum absolute atomic E-state index is 12.5. The number of halogens is 1. The fourth-order valence-corrected chi connectivity index (χ4v) is 3.00. The van der Waals surface area contributed by atoms with Gasteiger partial charge in [0.25, 0.3) is 5.91 Å². The topological polar surface area (TPSA) is 64.6 Å². The summed E-state index contributed by atoms with van der Waals surface area (Å²) in [6.45, 7) is 3.68. The van der Waals surface area contributed by atoms with Crippen LogP contribution in [0.3, 0.4) is 0 Å². The summed E-state index contributed by atoms with van der Waals surface area (Å²) in [6.07, 6.45) is 0. The van der Waals surface area contributed by atoms with Crippen molar-refractivity contribution < 1.29 is 19.1 Å². The Labute approximate surface area is 177 Å². The van der Waals surface area contributed by atoms with Gasteiger partial charge < -0.3 is 14.8 Å². The van der Waals surface area contributed by atoms with Crippen LogP contribution in [-0.2, 0) is 4.79 Å². The Morgan fingerprint density at radius 1 is 0.966 bits per heavy atom. The Hall–Kier alpha value is -3.12. The molecule has 0 aromatic heterocycles. The van der Waals surface area contributed by atoms with Crippen LogP contribution in [0.1, 0.15) is 21.5 Å². The third-order valence-electron chi connectivity index (χ3n) is 4.17. The van der Waals surface area contributed by atoms with E-state index in [1.165, 1.54) is 0 Å². The molecule has 5 nitrogen and oxygen atoms in total. The normalized spacial score (nSPS) is 10.3. The number of esters is 1. The van der Waals surface area contributed by atoms with Crippen LogP contribution in [0.5, 0.6) is 11.5 Å². The summed E-state index contributed by atoms with van der Waals surface area (Å²) in [5, 5.41) is 2.90. The van der Waals surface area contributed by atoms with Crippen LogP contribution in [0.2, 0.25) is 0 Å². The quantitative estimate of drug-likeness (QED) is 0.406. The smallest absolute Gasteiger partial charge is 0.349 e. The van der Waals surface area contributed by atoms with Crippen molar-refractivity contribution >= 4 is 33.5 Å². The number of amides is 1. The molecule has 6 heteroatoms. The molecule has 3 aromatic rings. The molecule has 0 radical (unpaired) electrons. The second kappa shape index (κ2) is 9.39.